The number of aromatic nitrogens is 3. The fourth-order valence-corrected chi connectivity index (χ4v) is 4.62. The van der Waals surface area contributed by atoms with Crippen molar-refractivity contribution in [1.29, 1.82) is 0 Å². The summed E-state index contributed by atoms with van der Waals surface area (Å²) in [4.78, 5) is 46.4. The lowest BCUT2D eigenvalue weighted by molar-refractivity contribution is -0.137. The van der Waals surface area contributed by atoms with E-state index >= 15 is 0 Å². The fraction of sp³-hybridized carbons (Fsp3) is 0.250. The number of likely N-dealkylation sites (tertiary alicyclic amines) is 1. The number of hydrogen-bond acceptors (Lipinski definition) is 6. The van der Waals surface area contributed by atoms with Gasteiger partial charge in [0, 0.05) is 30.9 Å². The number of piperidine rings is 1. The highest BCUT2D eigenvalue weighted by atomic mass is 19.4. The first-order chi connectivity index (χ1) is 19.6. The van der Waals surface area contributed by atoms with Gasteiger partial charge in [0.05, 0.1) is 17.4 Å². The van der Waals surface area contributed by atoms with Gasteiger partial charge >= 0.3 is 12.3 Å². The zero-order valence-electron chi connectivity index (χ0n) is 21.5. The number of hydrogen-bond donors (Lipinski definition) is 2. The Morgan fingerprint density at radius 1 is 0.976 bits per heavy atom. The van der Waals surface area contributed by atoms with Gasteiger partial charge in [-0.05, 0) is 60.9 Å². The molecular weight excluding hydrogens is 543 g/mol. The summed E-state index contributed by atoms with van der Waals surface area (Å²) in [5.74, 6) is -0.267. The minimum Gasteiger partial charge on any atom is -0.465 e. The number of nitrogens with zero attached hydrogens (tertiary/aromatic N) is 4. The lowest BCUT2D eigenvalue weighted by Gasteiger charge is -2.29. The van der Waals surface area contributed by atoms with E-state index < -0.39 is 23.7 Å². The van der Waals surface area contributed by atoms with Crippen molar-refractivity contribution in [3.63, 3.8) is 0 Å². The summed E-state index contributed by atoms with van der Waals surface area (Å²) in [6.07, 6.45) is -1.81. The summed E-state index contributed by atoms with van der Waals surface area (Å²) >= 11 is 0. The van der Waals surface area contributed by atoms with Crippen LogP contribution in [0.4, 0.5) is 23.7 Å². The normalized spacial score (nSPS) is 14.2. The molecule has 1 fully saturated rings. The Balaban J connectivity index is 1.21. The second-order valence-electron chi connectivity index (χ2n) is 9.53. The lowest BCUT2D eigenvalue weighted by atomic mass is 9.96. The monoisotopic (exact) mass is 567 g/mol. The molecule has 0 bridgehead atoms. The van der Waals surface area contributed by atoms with Gasteiger partial charge in [0.1, 0.15) is 12.1 Å². The van der Waals surface area contributed by atoms with Gasteiger partial charge in [-0.2, -0.15) is 13.2 Å². The van der Waals surface area contributed by atoms with Crippen LogP contribution in [0.5, 0.6) is 11.6 Å². The van der Waals surface area contributed by atoms with Crippen molar-refractivity contribution < 1.29 is 37.4 Å². The number of rotatable bonds is 6. The lowest BCUT2D eigenvalue weighted by Crippen LogP contribution is -2.40. The molecule has 212 valence electrons. The van der Waals surface area contributed by atoms with E-state index in [0.717, 1.165) is 12.1 Å². The summed E-state index contributed by atoms with van der Waals surface area (Å²) < 4.78 is 45.5. The molecular formula is C28H24F3N5O5. The maximum atomic E-state index is 13.1. The number of ether oxygens (including phenoxy) is 1. The Hall–Kier alpha value is -4.94. The number of carbonyl (C=O) groups excluding carboxylic acids is 2. The molecule has 2 aromatic carbocycles. The molecule has 4 aromatic rings. The summed E-state index contributed by atoms with van der Waals surface area (Å²) in [5.41, 5.74) is 0.500. The molecule has 10 nitrogen and oxygen atoms in total. The zero-order valence-corrected chi connectivity index (χ0v) is 21.5. The Labute approximate surface area is 231 Å². The second kappa shape index (κ2) is 11.3. The van der Waals surface area contributed by atoms with Crippen molar-refractivity contribution >= 4 is 34.6 Å². The molecule has 13 heteroatoms. The van der Waals surface area contributed by atoms with Gasteiger partial charge in [-0.25, -0.2) is 14.8 Å². The average molecular weight is 568 g/mol. The molecule has 0 saturated carbocycles. The van der Waals surface area contributed by atoms with Crippen molar-refractivity contribution in [1.82, 2.24) is 19.4 Å². The highest BCUT2D eigenvalue weighted by molar-refractivity contribution is 5.94. The number of benzene rings is 2. The molecule has 5 rings (SSSR count). The van der Waals surface area contributed by atoms with E-state index in [2.05, 4.69) is 15.3 Å². The quantitative estimate of drug-likeness (QED) is 0.317. The van der Waals surface area contributed by atoms with Crippen LogP contribution < -0.4 is 10.1 Å². The number of fused-ring (bicyclic) bond motifs is 1. The number of halogens is 3. The number of carboxylic acid groups (broad SMARTS) is 1. The third kappa shape index (κ3) is 6.29. The molecule has 2 aromatic heterocycles. The topological polar surface area (TPSA) is 127 Å². The standard InChI is InChI=1S/C28H24F3N5O5/c29-28(30,31)19-3-1-17(2-4-19)15-23(37)34-20-5-7-21(8-6-20)41-25-22-11-14-36(24(22)32-16-33-25)26(38)18-9-12-35(13-10-18)27(39)40/h1-8,11,14,16,18H,9-10,12-13,15H2,(H,34,37)(H,39,40). The predicted octanol–water partition coefficient (Wildman–Crippen LogP) is 5.45. The van der Waals surface area contributed by atoms with Gasteiger partial charge in [0.2, 0.25) is 17.7 Å². The summed E-state index contributed by atoms with van der Waals surface area (Å²) in [5, 5.41) is 12.3. The SMILES string of the molecule is O=C(Cc1ccc(C(F)(F)F)cc1)Nc1ccc(Oc2ncnc3c2ccn3C(=O)C2CCN(C(=O)O)CC2)cc1. The molecule has 1 saturated heterocycles. The summed E-state index contributed by atoms with van der Waals surface area (Å²) in [6, 6.07) is 12.5. The number of alkyl halides is 3. The number of amides is 2. The van der Waals surface area contributed by atoms with Crippen LogP contribution in [-0.2, 0) is 17.4 Å². The van der Waals surface area contributed by atoms with Crippen LogP contribution in [0.1, 0.15) is 28.8 Å². The number of nitrogens with one attached hydrogen (secondary N) is 1. The van der Waals surface area contributed by atoms with Crippen LogP contribution in [0.3, 0.4) is 0 Å². The molecule has 41 heavy (non-hydrogen) atoms. The third-order valence-corrected chi connectivity index (χ3v) is 6.80. The number of anilines is 1. The largest absolute Gasteiger partial charge is 0.465 e. The highest BCUT2D eigenvalue weighted by Gasteiger charge is 2.30. The Bertz CT molecular complexity index is 1580. The Kier molecular flexibility index (Phi) is 7.60. The van der Waals surface area contributed by atoms with E-state index in [1.807, 2.05) is 0 Å². The molecule has 3 heterocycles. The first-order valence-electron chi connectivity index (χ1n) is 12.7. The molecule has 0 spiro atoms. The third-order valence-electron chi connectivity index (χ3n) is 6.80. The minimum atomic E-state index is -4.44. The first-order valence-corrected chi connectivity index (χ1v) is 12.7. The number of carbonyl (C=O) groups is 3. The fourth-order valence-electron chi connectivity index (χ4n) is 4.62. The second-order valence-corrected chi connectivity index (χ2v) is 9.53. The smallest absolute Gasteiger partial charge is 0.416 e. The average Bonchev–Trinajstić information content (AvgIpc) is 3.39. The maximum Gasteiger partial charge on any atom is 0.416 e. The maximum absolute atomic E-state index is 13.1. The highest BCUT2D eigenvalue weighted by Crippen LogP contribution is 2.31. The van der Waals surface area contributed by atoms with E-state index in [4.69, 9.17) is 9.84 Å². The van der Waals surface area contributed by atoms with Gasteiger partial charge in [0.25, 0.3) is 0 Å². The van der Waals surface area contributed by atoms with Crippen molar-refractivity contribution in [3.05, 3.63) is 78.2 Å². The van der Waals surface area contributed by atoms with Gasteiger partial charge in [-0.3, -0.25) is 14.2 Å². The van der Waals surface area contributed by atoms with E-state index in [9.17, 15) is 27.6 Å². The molecule has 0 aliphatic carbocycles. The van der Waals surface area contributed by atoms with Gasteiger partial charge in [0.15, 0.2) is 5.65 Å². The first kappa shape index (κ1) is 27.6. The molecule has 2 amide bonds. The molecule has 0 atom stereocenters. The van der Waals surface area contributed by atoms with Crippen LogP contribution >= 0.6 is 0 Å². The molecule has 1 aliphatic heterocycles. The minimum absolute atomic E-state index is 0.0936. The Morgan fingerprint density at radius 3 is 2.29 bits per heavy atom. The van der Waals surface area contributed by atoms with Crippen LogP contribution in [0.15, 0.2) is 67.1 Å². The summed E-state index contributed by atoms with van der Waals surface area (Å²) in [7, 11) is 0. The van der Waals surface area contributed by atoms with Crippen LogP contribution in [0.2, 0.25) is 0 Å². The van der Waals surface area contributed by atoms with E-state index in [-0.39, 0.29) is 24.1 Å². The van der Waals surface area contributed by atoms with Crippen LogP contribution in [0, 0.1) is 5.92 Å². The van der Waals surface area contributed by atoms with Crippen molar-refractivity contribution in [2.75, 3.05) is 18.4 Å². The summed E-state index contributed by atoms with van der Waals surface area (Å²) in [6.45, 7) is 0.583. The van der Waals surface area contributed by atoms with E-state index in [1.54, 1.807) is 36.5 Å². The van der Waals surface area contributed by atoms with Crippen molar-refractivity contribution in [2.24, 2.45) is 5.92 Å². The molecule has 2 N–H and O–H groups in total. The van der Waals surface area contributed by atoms with E-state index in [0.29, 0.717) is 54.0 Å². The van der Waals surface area contributed by atoms with Gasteiger partial charge in [-0.1, -0.05) is 12.1 Å². The Morgan fingerprint density at radius 2 is 1.66 bits per heavy atom. The zero-order chi connectivity index (χ0) is 29.1. The van der Waals surface area contributed by atoms with Crippen LogP contribution in [0.25, 0.3) is 11.0 Å². The van der Waals surface area contributed by atoms with Gasteiger partial charge in [-0.15, -0.1) is 0 Å². The van der Waals surface area contributed by atoms with Crippen molar-refractivity contribution in [2.45, 2.75) is 25.4 Å². The molecule has 0 radical (unpaired) electrons. The molecule has 1 aliphatic rings. The molecule has 0 unspecified atom stereocenters. The van der Waals surface area contributed by atoms with Gasteiger partial charge < -0.3 is 20.1 Å². The van der Waals surface area contributed by atoms with Crippen LogP contribution in [-0.4, -0.2) is 55.5 Å². The van der Waals surface area contributed by atoms with Crippen molar-refractivity contribution in [3.8, 4) is 11.6 Å². The predicted molar refractivity (Wildman–Crippen MR) is 141 cm³/mol. The van der Waals surface area contributed by atoms with E-state index in [1.165, 1.54) is 27.9 Å².